The quantitative estimate of drug-likeness (QED) is 0.754. The van der Waals surface area contributed by atoms with Crippen molar-refractivity contribution in [2.45, 2.75) is 44.0 Å². The lowest BCUT2D eigenvalue weighted by Gasteiger charge is -2.53. The van der Waals surface area contributed by atoms with Gasteiger partial charge in [0.05, 0.1) is 13.2 Å². The molecule has 3 heterocycles. The van der Waals surface area contributed by atoms with E-state index in [0.29, 0.717) is 23.9 Å². The minimum absolute atomic E-state index is 0.102. The van der Waals surface area contributed by atoms with Crippen molar-refractivity contribution in [3.8, 4) is 5.88 Å². The summed E-state index contributed by atoms with van der Waals surface area (Å²) in [5, 5.41) is 0. The third kappa shape index (κ3) is 4.36. The third-order valence-corrected chi connectivity index (χ3v) is 6.97. The maximum absolute atomic E-state index is 13.3. The maximum Gasteiger partial charge on any atom is 0.213 e. The molecule has 3 aliphatic rings. The average molecular weight is 412 g/mol. The maximum atomic E-state index is 13.3. The summed E-state index contributed by atoms with van der Waals surface area (Å²) >= 11 is 0. The summed E-state index contributed by atoms with van der Waals surface area (Å²) in [7, 11) is 0. The molecule has 0 unspecified atom stereocenters. The van der Waals surface area contributed by atoms with Crippen LogP contribution in [0.15, 0.2) is 48.7 Å². The molecule has 2 aliphatic heterocycles. The van der Waals surface area contributed by atoms with E-state index in [-0.39, 0.29) is 11.9 Å². The second-order valence-corrected chi connectivity index (χ2v) is 8.73. The monoisotopic (exact) mass is 411 g/mol. The molecule has 2 saturated heterocycles. The highest BCUT2D eigenvalue weighted by Gasteiger charge is 2.46. The van der Waals surface area contributed by atoms with Gasteiger partial charge >= 0.3 is 0 Å². The Morgan fingerprint density at radius 2 is 1.90 bits per heavy atom. The molecule has 4 atom stereocenters. The summed E-state index contributed by atoms with van der Waals surface area (Å²) in [4.78, 5) is 9.57. The predicted octanol–water partition coefficient (Wildman–Crippen LogP) is 3.35. The molecule has 0 radical (unpaired) electrons. The van der Waals surface area contributed by atoms with Gasteiger partial charge in [0, 0.05) is 56.4 Å². The number of morpholine rings is 1. The van der Waals surface area contributed by atoms with Crippen LogP contribution < -0.4 is 4.74 Å². The van der Waals surface area contributed by atoms with Crippen LogP contribution in [0.25, 0.3) is 0 Å². The molecule has 5 nitrogen and oxygen atoms in total. The second kappa shape index (κ2) is 9.00. The summed E-state index contributed by atoms with van der Waals surface area (Å²) in [6.07, 6.45) is 5.43. The van der Waals surface area contributed by atoms with Crippen molar-refractivity contribution in [1.82, 2.24) is 14.8 Å². The van der Waals surface area contributed by atoms with E-state index < -0.39 is 0 Å². The number of ether oxygens (including phenoxy) is 2. The number of pyridine rings is 1. The van der Waals surface area contributed by atoms with Gasteiger partial charge in [0.1, 0.15) is 11.9 Å². The molecule has 2 bridgehead atoms. The molecule has 2 aromatic rings. The van der Waals surface area contributed by atoms with Crippen LogP contribution >= 0.6 is 0 Å². The minimum atomic E-state index is -0.181. The Hall–Kier alpha value is -2.02. The molecule has 30 heavy (non-hydrogen) atoms. The van der Waals surface area contributed by atoms with Gasteiger partial charge in [-0.25, -0.2) is 9.37 Å². The minimum Gasteiger partial charge on any atom is -0.473 e. The highest BCUT2D eigenvalue weighted by atomic mass is 19.1. The fraction of sp³-hybridized carbons (Fsp3) is 0.542. The molecule has 1 aromatic carbocycles. The molecule has 0 amide bonds. The molecule has 0 spiro atoms. The summed E-state index contributed by atoms with van der Waals surface area (Å²) in [6, 6.07) is 13.9. The molecular formula is C24H30FN3O2. The molecule has 1 aromatic heterocycles. The topological polar surface area (TPSA) is 37.8 Å². The van der Waals surface area contributed by atoms with Crippen molar-refractivity contribution in [2.24, 2.45) is 5.92 Å². The lowest BCUT2D eigenvalue weighted by molar-refractivity contribution is -0.0845. The summed E-state index contributed by atoms with van der Waals surface area (Å²) < 4.78 is 25.4. The summed E-state index contributed by atoms with van der Waals surface area (Å²) in [5.41, 5.74) is 1.15. The first-order valence-corrected chi connectivity index (χ1v) is 11.1. The van der Waals surface area contributed by atoms with E-state index in [0.717, 1.165) is 51.4 Å². The Bertz CT molecular complexity index is 813. The van der Waals surface area contributed by atoms with Crippen molar-refractivity contribution in [2.75, 3.05) is 32.8 Å². The van der Waals surface area contributed by atoms with Crippen LogP contribution in [0.3, 0.4) is 0 Å². The highest BCUT2D eigenvalue weighted by Crippen LogP contribution is 2.40. The smallest absolute Gasteiger partial charge is 0.213 e. The van der Waals surface area contributed by atoms with Crippen LogP contribution in [0.2, 0.25) is 0 Å². The molecule has 5 rings (SSSR count). The van der Waals surface area contributed by atoms with E-state index in [2.05, 4.69) is 14.8 Å². The van der Waals surface area contributed by atoms with Gasteiger partial charge in [-0.05, 0) is 43.0 Å². The zero-order valence-electron chi connectivity index (χ0n) is 17.3. The normalized spacial score (nSPS) is 30.2. The average Bonchev–Trinajstić information content (AvgIpc) is 2.80. The number of fused-ring (bicyclic) bond motifs is 2. The fourth-order valence-electron chi connectivity index (χ4n) is 5.49. The van der Waals surface area contributed by atoms with E-state index in [1.54, 1.807) is 18.3 Å². The molecular weight excluding hydrogens is 381 g/mol. The lowest BCUT2D eigenvalue weighted by atomic mass is 9.73. The second-order valence-electron chi connectivity index (χ2n) is 8.73. The van der Waals surface area contributed by atoms with E-state index in [1.807, 2.05) is 30.3 Å². The molecule has 160 valence electrons. The van der Waals surface area contributed by atoms with Gasteiger partial charge in [0.2, 0.25) is 5.88 Å². The van der Waals surface area contributed by atoms with E-state index in [4.69, 9.17) is 9.47 Å². The standard InChI is InChI=1S/C24H30FN3O2/c25-19-6-4-18(5-7-19)16-28-17-23(30-24-3-1-2-10-26-24)21-15-20(28)8-9-22(21)27-11-13-29-14-12-27/h1-7,10,20-23H,8-9,11-17H2/t20-,21-,22+,23-/m0/s1. The Morgan fingerprint density at radius 3 is 2.67 bits per heavy atom. The number of rotatable bonds is 5. The van der Waals surface area contributed by atoms with Gasteiger partial charge in [0.15, 0.2) is 0 Å². The first kappa shape index (κ1) is 19.9. The number of aromatic nitrogens is 1. The number of piperidine rings is 1. The largest absolute Gasteiger partial charge is 0.473 e. The molecule has 6 heteroatoms. The van der Waals surface area contributed by atoms with Crippen LogP contribution in [-0.4, -0.2) is 65.8 Å². The zero-order chi connectivity index (χ0) is 20.3. The molecule has 1 saturated carbocycles. The third-order valence-electron chi connectivity index (χ3n) is 6.97. The van der Waals surface area contributed by atoms with Gasteiger partial charge in [-0.15, -0.1) is 0 Å². The predicted molar refractivity (Wildman–Crippen MR) is 113 cm³/mol. The zero-order valence-corrected chi connectivity index (χ0v) is 17.3. The van der Waals surface area contributed by atoms with Crippen molar-refractivity contribution < 1.29 is 13.9 Å². The van der Waals surface area contributed by atoms with E-state index in [9.17, 15) is 4.39 Å². The van der Waals surface area contributed by atoms with Crippen molar-refractivity contribution in [3.63, 3.8) is 0 Å². The van der Waals surface area contributed by atoms with Gasteiger partial charge < -0.3 is 9.47 Å². The van der Waals surface area contributed by atoms with Gasteiger partial charge in [-0.3, -0.25) is 9.80 Å². The van der Waals surface area contributed by atoms with Crippen LogP contribution in [-0.2, 0) is 11.3 Å². The number of benzene rings is 1. The van der Waals surface area contributed by atoms with E-state index in [1.165, 1.54) is 12.8 Å². The number of likely N-dealkylation sites (tertiary alicyclic amines) is 1. The number of hydrogen-bond acceptors (Lipinski definition) is 5. The first-order valence-electron chi connectivity index (χ1n) is 11.1. The van der Waals surface area contributed by atoms with E-state index >= 15 is 0 Å². The lowest BCUT2D eigenvalue weighted by Crippen LogP contribution is -2.61. The summed E-state index contributed by atoms with van der Waals surface area (Å²) in [6.45, 7) is 5.40. The first-order chi connectivity index (χ1) is 14.8. The Kier molecular flexibility index (Phi) is 5.97. The van der Waals surface area contributed by atoms with Crippen LogP contribution in [0, 0.1) is 11.7 Å². The molecule has 3 fully saturated rings. The van der Waals surface area contributed by atoms with Gasteiger partial charge in [-0.1, -0.05) is 18.2 Å². The fourth-order valence-corrected chi connectivity index (χ4v) is 5.49. The van der Waals surface area contributed by atoms with Crippen LogP contribution in [0.5, 0.6) is 5.88 Å². The van der Waals surface area contributed by atoms with Crippen LogP contribution in [0.1, 0.15) is 24.8 Å². The molecule has 1 aliphatic carbocycles. The highest BCUT2D eigenvalue weighted by molar-refractivity contribution is 5.17. The Balaban J connectivity index is 1.35. The van der Waals surface area contributed by atoms with Crippen molar-refractivity contribution >= 4 is 0 Å². The SMILES string of the molecule is Fc1ccc(CN2C[C@H](Oc3ccccn3)[C@H]3C[C@@H]2CC[C@H]3N2CCOCC2)cc1. The number of hydrogen-bond donors (Lipinski definition) is 0. The van der Waals surface area contributed by atoms with Crippen molar-refractivity contribution in [3.05, 3.63) is 60.0 Å². The number of nitrogens with zero attached hydrogens (tertiary/aromatic N) is 3. The summed E-state index contributed by atoms with van der Waals surface area (Å²) in [5.74, 6) is 1.02. The van der Waals surface area contributed by atoms with Gasteiger partial charge in [-0.2, -0.15) is 0 Å². The van der Waals surface area contributed by atoms with Crippen molar-refractivity contribution in [1.29, 1.82) is 0 Å². The molecule has 0 N–H and O–H groups in total. The van der Waals surface area contributed by atoms with Crippen LogP contribution in [0.4, 0.5) is 4.39 Å². The number of halogens is 1. The Labute approximate surface area is 177 Å². The van der Waals surface area contributed by atoms with Gasteiger partial charge in [0.25, 0.3) is 0 Å². The Morgan fingerprint density at radius 1 is 1.07 bits per heavy atom.